The van der Waals surface area contributed by atoms with E-state index in [0.717, 1.165) is 0 Å². The molecular weight excluding hydrogens is 138 g/mol. The maximum absolute atomic E-state index is 2.87. The van der Waals surface area contributed by atoms with Gasteiger partial charge in [0.25, 0.3) is 0 Å². The molecule has 0 aliphatic rings. The van der Waals surface area contributed by atoms with Crippen LogP contribution in [0.1, 0.15) is 33.6 Å². The van der Waals surface area contributed by atoms with Crippen LogP contribution in [0.2, 0.25) is 0 Å². The molecule has 0 spiro atoms. The monoisotopic (exact) mass is 154 g/mol. The van der Waals surface area contributed by atoms with E-state index in [1.54, 1.807) is 0 Å². The molecule has 0 fully saturated rings. The molecule has 0 radical (unpaired) electrons. The highest BCUT2D eigenvalue weighted by Gasteiger charge is 2.09. The summed E-state index contributed by atoms with van der Waals surface area (Å²) in [7, 11) is 2.87. The molecule has 0 N–H and O–H groups in total. The first kappa shape index (κ1) is 11.5. The van der Waals surface area contributed by atoms with Gasteiger partial charge in [0.05, 0.1) is 0 Å². The van der Waals surface area contributed by atoms with E-state index in [-0.39, 0.29) is 12.4 Å². The summed E-state index contributed by atoms with van der Waals surface area (Å²) < 4.78 is 0. The van der Waals surface area contributed by atoms with E-state index in [2.05, 4.69) is 30.0 Å². The first-order valence-electron chi connectivity index (χ1n) is 2.91. The lowest BCUT2D eigenvalue weighted by atomic mass is 10.1. The van der Waals surface area contributed by atoms with Gasteiger partial charge in [-0.3, -0.25) is 0 Å². The molecule has 0 heterocycles. The van der Waals surface area contributed by atoms with Gasteiger partial charge < -0.3 is 0 Å². The Bertz CT molecular complexity index is 46.5. The fraction of sp³-hybridized carbons (Fsp3) is 1.00. The Morgan fingerprint density at radius 1 is 1.25 bits per heavy atom. The number of hydrogen-bond donors (Lipinski definition) is 0. The molecule has 0 amide bonds. The minimum atomic E-state index is 0. The third-order valence-corrected chi connectivity index (χ3v) is 2.43. The van der Waals surface area contributed by atoms with Gasteiger partial charge in [0.2, 0.25) is 0 Å². The van der Waals surface area contributed by atoms with Gasteiger partial charge >= 0.3 is 0 Å². The Labute approximate surface area is 61.0 Å². The van der Waals surface area contributed by atoms with E-state index in [1.165, 1.54) is 12.8 Å². The topological polar surface area (TPSA) is 0 Å². The van der Waals surface area contributed by atoms with Crippen molar-refractivity contribution in [2.45, 2.75) is 38.8 Å². The molecule has 0 saturated carbocycles. The molecule has 1 unspecified atom stereocenters. The second-order valence-corrected chi connectivity index (χ2v) is 3.75. The lowest BCUT2D eigenvalue weighted by Crippen LogP contribution is -2.10. The van der Waals surface area contributed by atoms with Crippen LogP contribution >= 0.6 is 21.6 Å². The molecule has 0 aliphatic carbocycles. The summed E-state index contributed by atoms with van der Waals surface area (Å²) in [5.74, 6) is 0. The van der Waals surface area contributed by atoms with E-state index in [9.17, 15) is 0 Å². The molecule has 0 nitrogen and oxygen atoms in total. The Balaban J connectivity index is 0. The molecule has 0 aromatic carbocycles. The normalized spacial score (nSPS) is 10.5. The molecule has 0 saturated heterocycles. The van der Waals surface area contributed by atoms with Gasteiger partial charge in [0, 0.05) is 0 Å². The molecule has 8 heavy (non-hydrogen) atoms. The summed E-state index contributed by atoms with van der Waals surface area (Å²) in [6.45, 7) is 6.70. The second-order valence-electron chi connectivity index (χ2n) is 2.36. The zero-order valence-electron chi connectivity index (χ0n) is 5.90. The minimum Gasteiger partial charge on any atom is -0.147 e. The van der Waals surface area contributed by atoms with Crippen molar-refractivity contribution in [2.24, 2.45) is 0 Å². The summed E-state index contributed by atoms with van der Waals surface area (Å²) in [5, 5.41) is 0.500. The lowest BCUT2D eigenvalue weighted by Gasteiger charge is -2.18. The quantitative estimate of drug-likeness (QED) is 0.537. The smallest absolute Gasteiger partial charge is 0.0183 e. The molecule has 1 atom stereocenters. The maximum atomic E-state index is 2.87. The average Bonchev–Trinajstić information content (AvgIpc) is 1.68. The van der Waals surface area contributed by atoms with E-state index in [1.807, 2.05) is 0 Å². The lowest BCUT2D eigenvalue weighted by molar-refractivity contribution is 0.599. The molecular formula is C6H16ClP. The number of rotatable bonds is 2. The Hall–Kier alpha value is 0.720. The summed E-state index contributed by atoms with van der Waals surface area (Å²) in [6.07, 6.45) is 2.52. The predicted octanol–water partition coefficient (Wildman–Crippen LogP) is 2.86. The van der Waals surface area contributed by atoms with Crippen molar-refractivity contribution >= 4 is 21.6 Å². The fourth-order valence-electron chi connectivity index (χ4n) is 0.250. The zero-order chi connectivity index (χ0) is 5.91. The first-order chi connectivity index (χ1) is 3.12. The van der Waals surface area contributed by atoms with E-state index in [4.69, 9.17) is 0 Å². The van der Waals surface area contributed by atoms with Gasteiger partial charge in [-0.2, -0.15) is 0 Å². The van der Waals surface area contributed by atoms with Crippen LogP contribution in [0.15, 0.2) is 0 Å². The molecule has 0 aromatic heterocycles. The van der Waals surface area contributed by atoms with Crippen molar-refractivity contribution in [2.75, 3.05) is 0 Å². The van der Waals surface area contributed by atoms with Gasteiger partial charge in [-0.25, -0.2) is 0 Å². The average molecular weight is 155 g/mol. The number of halogens is 1. The third-order valence-electron chi connectivity index (χ3n) is 1.62. The summed E-state index contributed by atoms with van der Waals surface area (Å²) in [5.41, 5.74) is 0. The molecule has 0 aliphatic heterocycles. The Kier molecular flexibility index (Phi) is 6.60. The predicted molar refractivity (Wildman–Crippen MR) is 45.9 cm³/mol. The van der Waals surface area contributed by atoms with Crippen LogP contribution in [0.5, 0.6) is 0 Å². The van der Waals surface area contributed by atoms with Crippen LogP contribution in [-0.2, 0) is 0 Å². The fourth-order valence-corrected chi connectivity index (χ4v) is 0.250. The van der Waals surface area contributed by atoms with Crippen LogP contribution in [0, 0.1) is 0 Å². The first-order valence-corrected chi connectivity index (χ1v) is 3.49. The van der Waals surface area contributed by atoms with Gasteiger partial charge in [-0.05, 0) is 18.0 Å². The van der Waals surface area contributed by atoms with Crippen LogP contribution in [0.3, 0.4) is 0 Å². The van der Waals surface area contributed by atoms with Crippen molar-refractivity contribution in [1.29, 1.82) is 0 Å². The van der Waals surface area contributed by atoms with E-state index in [0.29, 0.717) is 5.16 Å². The highest BCUT2D eigenvalue weighted by molar-refractivity contribution is 7.18. The Morgan fingerprint density at radius 2 is 1.50 bits per heavy atom. The van der Waals surface area contributed by atoms with Crippen LogP contribution in [0.25, 0.3) is 0 Å². The summed E-state index contributed by atoms with van der Waals surface area (Å²) in [6, 6.07) is 0. The number of hydrogen-bond acceptors (Lipinski definition) is 0. The standard InChI is InChI=1S/C6H15P.ClH/c1-4-6(3,7)5-2;/h4-5,7H2,1-3H3;1H. The summed E-state index contributed by atoms with van der Waals surface area (Å²) in [4.78, 5) is 0. The van der Waals surface area contributed by atoms with Gasteiger partial charge in [-0.1, -0.05) is 20.8 Å². The minimum absolute atomic E-state index is 0. The highest BCUT2D eigenvalue weighted by atomic mass is 35.5. The van der Waals surface area contributed by atoms with Crippen molar-refractivity contribution < 1.29 is 0 Å². The SMILES string of the molecule is CCC(C)(P)CC.Cl. The zero-order valence-corrected chi connectivity index (χ0v) is 7.87. The van der Waals surface area contributed by atoms with Crippen molar-refractivity contribution in [3.8, 4) is 0 Å². The Morgan fingerprint density at radius 3 is 1.50 bits per heavy atom. The van der Waals surface area contributed by atoms with Crippen molar-refractivity contribution in [1.82, 2.24) is 0 Å². The van der Waals surface area contributed by atoms with Gasteiger partial charge in [0.1, 0.15) is 0 Å². The van der Waals surface area contributed by atoms with Gasteiger partial charge in [0.15, 0.2) is 0 Å². The van der Waals surface area contributed by atoms with Crippen molar-refractivity contribution in [3.63, 3.8) is 0 Å². The molecule has 0 aromatic rings. The third kappa shape index (κ3) is 4.87. The summed E-state index contributed by atoms with van der Waals surface area (Å²) >= 11 is 0. The van der Waals surface area contributed by atoms with Crippen LogP contribution in [-0.4, -0.2) is 5.16 Å². The van der Waals surface area contributed by atoms with E-state index < -0.39 is 0 Å². The molecule has 0 rings (SSSR count). The van der Waals surface area contributed by atoms with Gasteiger partial charge in [-0.15, -0.1) is 21.6 Å². The molecule has 2 heteroatoms. The second kappa shape index (κ2) is 4.58. The largest absolute Gasteiger partial charge is 0.147 e. The highest BCUT2D eigenvalue weighted by Crippen LogP contribution is 2.24. The molecule has 52 valence electrons. The van der Waals surface area contributed by atoms with E-state index >= 15 is 0 Å². The maximum Gasteiger partial charge on any atom is -0.0183 e. The molecule has 0 bridgehead atoms. The van der Waals surface area contributed by atoms with Crippen LogP contribution in [0.4, 0.5) is 0 Å². The van der Waals surface area contributed by atoms with Crippen molar-refractivity contribution in [3.05, 3.63) is 0 Å². The van der Waals surface area contributed by atoms with Crippen LogP contribution < -0.4 is 0 Å².